The zero-order valence-electron chi connectivity index (χ0n) is 11.4. The van der Waals surface area contributed by atoms with Gasteiger partial charge < -0.3 is 9.84 Å². The fraction of sp³-hybridized carbons (Fsp3) is 0.700. The molecule has 12 heteroatoms. The minimum Gasteiger partial charge on any atom is -0.462 e. The lowest BCUT2D eigenvalue weighted by molar-refractivity contribution is 0.0292. The average molecular weight is 433 g/mol. The van der Waals surface area contributed by atoms with E-state index in [-0.39, 0.29) is 24.3 Å². The number of hydrogen-bond acceptors (Lipinski definition) is 6. The van der Waals surface area contributed by atoms with Crippen molar-refractivity contribution in [2.24, 2.45) is 0 Å². The molecule has 0 radical (unpaired) electrons. The summed E-state index contributed by atoms with van der Waals surface area (Å²) in [5.74, 6) is -0.458. The molecule has 0 saturated heterocycles. The van der Waals surface area contributed by atoms with Crippen LogP contribution in [0.4, 0.5) is 0 Å². The Morgan fingerprint density at radius 1 is 1.05 bits per heavy atom. The van der Waals surface area contributed by atoms with E-state index >= 15 is 0 Å². The van der Waals surface area contributed by atoms with Crippen LogP contribution in [0.1, 0.15) is 18.6 Å². The highest BCUT2D eigenvalue weighted by Crippen LogP contribution is 2.40. The maximum absolute atomic E-state index is 9.34. The predicted octanol–water partition coefficient (Wildman–Crippen LogP) is 3.17. The maximum atomic E-state index is 9.34. The van der Waals surface area contributed by atoms with Gasteiger partial charge in [-0.25, -0.2) is 4.98 Å². The average Bonchev–Trinajstić information content (AvgIpc) is 2.36. The lowest BCUT2D eigenvalue weighted by Crippen LogP contribution is -2.32. The Balaban J connectivity index is 2.94. The molecule has 0 amide bonds. The molecule has 126 valence electrons. The first-order valence-electron chi connectivity index (χ1n) is 5.83. The van der Waals surface area contributed by atoms with E-state index in [1.165, 1.54) is 0 Å². The molecule has 0 fully saturated rings. The third-order valence-electron chi connectivity index (χ3n) is 2.44. The molecule has 1 N–H and O–H groups in total. The summed E-state index contributed by atoms with van der Waals surface area (Å²) in [4.78, 5) is 13.2. The summed E-state index contributed by atoms with van der Waals surface area (Å²) < 4.78 is 1.47. The number of aromatic nitrogens is 3. The number of ether oxygens (including phenoxy) is 1. The Morgan fingerprint density at radius 2 is 1.50 bits per heavy atom. The standard InChI is InChI=1S/C10H12Cl6N4O2/c1-5(21)20(2)3-4-22-8-18-6(9(11,12)13)17-7(19-8)10(14,15)16/h5,21H,3-4H2,1-2H3. The highest BCUT2D eigenvalue weighted by molar-refractivity contribution is 6.67. The molecule has 6 nitrogen and oxygen atoms in total. The molecule has 1 aromatic rings. The Bertz CT molecular complexity index is 473. The molecule has 1 rings (SSSR count). The molecule has 0 aliphatic heterocycles. The largest absolute Gasteiger partial charge is 0.462 e. The van der Waals surface area contributed by atoms with E-state index in [1.54, 1.807) is 18.9 Å². The van der Waals surface area contributed by atoms with Crippen molar-refractivity contribution in [1.29, 1.82) is 0 Å². The lowest BCUT2D eigenvalue weighted by atomic mass is 10.5. The molecule has 22 heavy (non-hydrogen) atoms. The van der Waals surface area contributed by atoms with Crippen molar-refractivity contribution in [1.82, 2.24) is 19.9 Å². The number of halogens is 6. The quantitative estimate of drug-likeness (QED) is 0.569. The van der Waals surface area contributed by atoms with Crippen molar-refractivity contribution < 1.29 is 9.84 Å². The Labute approximate surface area is 157 Å². The topological polar surface area (TPSA) is 71.4 Å². The molecule has 0 saturated carbocycles. The summed E-state index contributed by atoms with van der Waals surface area (Å²) in [6.45, 7) is 2.17. The minimum atomic E-state index is -1.93. The number of alkyl halides is 6. The van der Waals surface area contributed by atoms with Crippen LogP contribution in [0.3, 0.4) is 0 Å². The van der Waals surface area contributed by atoms with Gasteiger partial charge in [-0.3, -0.25) is 4.90 Å². The third kappa shape index (κ3) is 6.53. The number of nitrogens with zero attached hydrogens (tertiary/aromatic N) is 4. The van der Waals surface area contributed by atoms with Crippen molar-refractivity contribution in [3.05, 3.63) is 11.6 Å². The van der Waals surface area contributed by atoms with Crippen LogP contribution in [0, 0.1) is 0 Å². The van der Waals surface area contributed by atoms with Crippen molar-refractivity contribution >= 4 is 69.6 Å². The smallest absolute Gasteiger partial charge is 0.320 e. The Morgan fingerprint density at radius 3 is 1.86 bits per heavy atom. The third-order valence-corrected chi connectivity index (χ3v) is 3.45. The Hall–Kier alpha value is 0.470. The zero-order chi connectivity index (χ0) is 17.1. The summed E-state index contributed by atoms with van der Waals surface area (Å²) in [5.41, 5.74) is 0. The molecular formula is C10H12Cl6N4O2. The monoisotopic (exact) mass is 430 g/mol. The first kappa shape index (κ1) is 20.5. The molecule has 0 bridgehead atoms. The summed E-state index contributed by atoms with van der Waals surface area (Å²) in [7, 11) is 1.71. The normalized spacial score (nSPS) is 14.3. The van der Waals surface area contributed by atoms with Crippen LogP contribution >= 0.6 is 69.6 Å². The number of likely N-dealkylation sites (N-methyl/N-ethyl adjacent to an activating group) is 1. The minimum absolute atomic E-state index is 0.156. The van der Waals surface area contributed by atoms with Crippen LogP contribution in [-0.2, 0) is 7.59 Å². The van der Waals surface area contributed by atoms with Gasteiger partial charge in [0.2, 0.25) is 7.59 Å². The molecule has 0 spiro atoms. The summed E-state index contributed by atoms with van der Waals surface area (Å²) in [5, 5.41) is 9.34. The summed E-state index contributed by atoms with van der Waals surface area (Å²) in [6.07, 6.45) is -0.629. The van der Waals surface area contributed by atoms with E-state index in [4.69, 9.17) is 74.3 Å². The van der Waals surface area contributed by atoms with Gasteiger partial charge in [0.05, 0.1) is 0 Å². The van der Waals surface area contributed by atoms with Crippen LogP contribution in [0.15, 0.2) is 0 Å². The molecule has 1 unspecified atom stereocenters. The highest BCUT2D eigenvalue weighted by atomic mass is 35.6. The second-order valence-electron chi connectivity index (χ2n) is 4.22. The zero-order valence-corrected chi connectivity index (χ0v) is 15.9. The molecule has 1 atom stereocenters. The van der Waals surface area contributed by atoms with E-state index in [1.807, 2.05) is 0 Å². The van der Waals surface area contributed by atoms with Gasteiger partial charge >= 0.3 is 6.01 Å². The second kappa shape index (κ2) is 8.03. The van der Waals surface area contributed by atoms with Gasteiger partial charge in [0.1, 0.15) is 12.8 Å². The molecule has 1 heterocycles. The highest BCUT2D eigenvalue weighted by Gasteiger charge is 2.34. The van der Waals surface area contributed by atoms with Crippen LogP contribution in [-0.4, -0.2) is 51.4 Å². The number of hydrogen-bond donors (Lipinski definition) is 1. The van der Waals surface area contributed by atoms with Crippen LogP contribution < -0.4 is 4.74 Å². The van der Waals surface area contributed by atoms with Crippen LogP contribution in [0.2, 0.25) is 0 Å². The molecule has 0 aliphatic carbocycles. The second-order valence-corrected chi connectivity index (χ2v) is 8.78. The van der Waals surface area contributed by atoms with E-state index in [0.29, 0.717) is 6.54 Å². The van der Waals surface area contributed by atoms with Gasteiger partial charge in [-0.15, -0.1) is 0 Å². The van der Waals surface area contributed by atoms with Gasteiger partial charge in [-0.1, -0.05) is 69.6 Å². The van der Waals surface area contributed by atoms with E-state index in [0.717, 1.165) is 0 Å². The van der Waals surface area contributed by atoms with Gasteiger partial charge in [-0.05, 0) is 14.0 Å². The van der Waals surface area contributed by atoms with Gasteiger partial charge in [-0.2, -0.15) is 9.97 Å². The molecule has 1 aromatic heterocycles. The first-order chi connectivity index (χ1) is 9.91. The summed E-state index contributed by atoms with van der Waals surface area (Å²) in [6, 6.07) is -0.156. The van der Waals surface area contributed by atoms with Crippen molar-refractivity contribution in [3.8, 4) is 6.01 Å². The number of aliphatic hydroxyl groups is 1. The molecular weight excluding hydrogens is 421 g/mol. The fourth-order valence-corrected chi connectivity index (χ4v) is 1.65. The fourth-order valence-electron chi connectivity index (χ4n) is 1.14. The number of aliphatic hydroxyl groups excluding tert-OH is 1. The van der Waals surface area contributed by atoms with Crippen molar-refractivity contribution in [2.75, 3.05) is 20.2 Å². The van der Waals surface area contributed by atoms with Gasteiger partial charge in [0.25, 0.3) is 0 Å². The van der Waals surface area contributed by atoms with Crippen molar-refractivity contribution in [2.45, 2.75) is 20.7 Å². The van der Waals surface area contributed by atoms with E-state index in [9.17, 15) is 5.11 Å². The molecule has 0 aliphatic rings. The van der Waals surface area contributed by atoms with E-state index in [2.05, 4.69) is 15.0 Å². The van der Waals surface area contributed by atoms with Gasteiger partial charge in [0.15, 0.2) is 11.6 Å². The predicted molar refractivity (Wildman–Crippen MR) is 88.1 cm³/mol. The van der Waals surface area contributed by atoms with Crippen molar-refractivity contribution in [3.63, 3.8) is 0 Å². The number of rotatable bonds is 5. The molecule has 0 aromatic carbocycles. The SMILES string of the molecule is CC(O)N(C)CCOc1nc(C(Cl)(Cl)Cl)nc(C(Cl)(Cl)Cl)n1. The first-order valence-corrected chi connectivity index (χ1v) is 8.09. The van der Waals surface area contributed by atoms with Gasteiger partial charge in [0, 0.05) is 6.54 Å². The lowest BCUT2D eigenvalue weighted by Gasteiger charge is -2.20. The maximum Gasteiger partial charge on any atom is 0.320 e. The summed E-state index contributed by atoms with van der Waals surface area (Å²) >= 11 is 34.4. The van der Waals surface area contributed by atoms with E-state index < -0.39 is 13.8 Å². The Kier molecular flexibility index (Phi) is 7.49. The van der Waals surface area contributed by atoms with Crippen LogP contribution in [0.25, 0.3) is 0 Å². The van der Waals surface area contributed by atoms with Crippen LogP contribution in [0.5, 0.6) is 6.01 Å².